The summed E-state index contributed by atoms with van der Waals surface area (Å²) in [5.74, 6) is 0.902. The van der Waals surface area contributed by atoms with Crippen LogP contribution in [0.2, 0.25) is 0 Å². The van der Waals surface area contributed by atoms with Gasteiger partial charge in [0.2, 0.25) is 0 Å². The van der Waals surface area contributed by atoms with Gasteiger partial charge < -0.3 is 14.8 Å². The van der Waals surface area contributed by atoms with E-state index in [4.69, 9.17) is 14.8 Å². The highest BCUT2D eigenvalue weighted by Gasteiger charge is 2.10. The van der Waals surface area contributed by atoms with E-state index in [0.29, 0.717) is 5.46 Å². The minimum Gasteiger partial charge on any atom is -0.494 e. The second kappa shape index (κ2) is 11.8. The van der Waals surface area contributed by atoms with Gasteiger partial charge in [-0.1, -0.05) is 88.3 Å². The van der Waals surface area contributed by atoms with Crippen LogP contribution in [0.15, 0.2) is 48.5 Å². The van der Waals surface area contributed by atoms with E-state index < -0.39 is 7.12 Å². The lowest BCUT2D eigenvalue weighted by Gasteiger charge is -2.08. The lowest BCUT2D eigenvalue weighted by molar-refractivity contribution is 0.304. The molecule has 140 valence electrons. The average Bonchev–Trinajstić information content (AvgIpc) is 2.67. The molecule has 0 aromatic heterocycles. The van der Waals surface area contributed by atoms with Crippen LogP contribution in [-0.2, 0) is 0 Å². The lowest BCUT2D eigenvalue weighted by Crippen LogP contribution is -2.29. The van der Waals surface area contributed by atoms with Gasteiger partial charge >= 0.3 is 7.12 Å². The number of hydrogen-bond acceptors (Lipinski definition) is 3. The SMILES string of the molecule is CCCCCCCCCCOc1ccc(-c2ccc(B(O)O)cc2)cc1. The fraction of sp³-hybridized carbons (Fsp3) is 0.455. The lowest BCUT2D eigenvalue weighted by atomic mass is 9.80. The Morgan fingerprint density at radius 3 is 1.73 bits per heavy atom. The van der Waals surface area contributed by atoms with Gasteiger partial charge in [-0.25, -0.2) is 0 Å². The molecule has 0 aliphatic carbocycles. The molecule has 0 unspecified atom stereocenters. The van der Waals surface area contributed by atoms with Crippen molar-refractivity contribution in [3.8, 4) is 16.9 Å². The third-order valence-electron chi connectivity index (χ3n) is 4.66. The summed E-state index contributed by atoms with van der Waals surface area (Å²) in [5.41, 5.74) is 2.63. The van der Waals surface area contributed by atoms with Gasteiger partial charge in [0, 0.05) is 0 Å². The molecule has 2 rings (SSSR count). The zero-order valence-electron chi connectivity index (χ0n) is 15.9. The Morgan fingerprint density at radius 2 is 1.19 bits per heavy atom. The van der Waals surface area contributed by atoms with Crippen LogP contribution in [0.3, 0.4) is 0 Å². The number of ether oxygens (including phenoxy) is 1. The molecule has 0 spiro atoms. The summed E-state index contributed by atoms with van der Waals surface area (Å²) in [6.07, 6.45) is 10.4. The first-order valence-corrected chi connectivity index (χ1v) is 9.90. The van der Waals surface area contributed by atoms with Crippen LogP contribution in [0.5, 0.6) is 5.75 Å². The normalized spacial score (nSPS) is 10.7. The van der Waals surface area contributed by atoms with Gasteiger partial charge in [-0.3, -0.25) is 0 Å². The van der Waals surface area contributed by atoms with E-state index >= 15 is 0 Å². The largest absolute Gasteiger partial charge is 0.494 e. The van der Waals surface area contributed by atoms with Gasteiger partial charge in [-0.2, -0.15) is 0 Å². The predicted octanol–water partition coefficient (Wildman–Crippen LogP) is 4.55. The maximum absolute atomic E-state index is 9.15. The second-order valence-corrected chi connectivity index (χ2v) is 6.84. The molecule has 0 bridgehead atoms. The fourth-order valence-corrected chi connectivity index (χ4v) is 3.02. The van der Waals surface area contributed by atoms with E-state index in [1.54, 1.807) is 12.1 Å². The minimum atomic E-state index is -1.42. The quantitative estimate of drug-likeness (QED) is 0.434. The highest BCUT2D eigenvalue weighted by atomic mass is 16.5. The van der Waals surface area contributed by atoms with Crippen molar-refractivity contribution in [2.75, 3.05) is 6.61 Å². The van der Waals surface area contributed by atoms with Crippen molar-refractivity contribution in [2.24, 2.45) is 0 Å². The Balaban J connectivity index is 1.67. The minimum absolute atomic E-state index is 0.499. The third-order valence-corrected chi connectivity index (χ3v) is 4.66. The molecule has 0 amide bonds. The van der Waals surface area contributed by atoms with Crippen LogP contribution in [0.25, 0.3) is 11.1 Å². The smallest absolute Gasteiger partial charge is 0.488 e. The van der Waals surface area contributed by atoms with Crippen molar-refractivity contribution in [3.63, 3.8) is 0 Å². The van der Waals surface area contributed by atoms with Gasteiger partial charge in [0.05, 0.1) is 6.61 Å². The first kappa shape index (κ1) is 20.5. The summed E-state index contributed by atoms with van der Waals surface area (Å²) in [4.78, 5) is 0. The van der Waals surface area contributed by atoms with Crippen molar-refractivity contribution in [2.45, 2.75) is 58.3 Å². The van der Waals surface area contributed by atoms with Crippen LogP contribution in [-0.4, -0.2) is 23.8 Å². The molecular weight excluding hydrogens is 323 g/mol. The van der Waals surface area contributed by atoms with Crippen molar-refractivity contribution >= 4 is 12.6 Å². The van der Waals surface area contributed by atoms with Gasteiger partial charge in [0.15, 0.2) is 0 Å². The average molecular weight is 354 g/mol. The van der Waals surface area contributed by atoms with Crippen LogP contribution in [0.4, 0.5) is 0 Å². The Bertz CT molecular complexity index is 608. The molecule has 2 N–H and O–H groups in total. The maximum atomic E-state index is 9.15. The fourth-order valence-electron chi connectivity index (χ4n) is 3.02. The van der Waals surface area contributed by atoms with Crippen LogP contribution < -0.4 is 10.2 Å². The van der Waals surface area contributed by atoms with Crippen LogP contribution in [0.1, 0.15) is 58.3 Å². The molecule has 0 aliphatic rings. The summed E-state index contributed by atoms with van der Waals surface area (Å²) in [6, 6.07) is 15.3. The Labute approximate surface area is 158 Å². The van der Waals surface area contributed by atoms with Crippen molar-refractivity contribution in [1.82, 2.24) is 0 Å². The first-order chi connectivity index (χ1) is 12.7. The number of rotatable bonds is 12. The zero-order chi connectivity index (χ0) is 18.6. The molecule has 26 heavy (non-hydrogen) atoms. The molecule has 2 aromatic carbocycles. The molecule has 0 aliphatic heterocycles. The van der Waals surface area contributed by atoms with Gasteiger partial charge in [0.1, 0.15) is 5.75 Å². The van der Waals surface area contributed by atoms with Gasteiger partial charge in [-0.15, -0.1) is 0 Å². The summed E-state index contributed by atoms with van der Waals surface area (Å²) in [7, 11) is -1.42. The zero-order valence-corrected chi connectivity index (χ0v) is 15.9. The van der Waals surface area contributed by atoms with Crippen LogP contribution >= 0.6 is 0 Å². The van der Waals surface area contributed by atoms with Crippen molar-refractivity contribution < 1.29 is 14.8 Å². The monoisotopic (exact) mass is 354 g/mol. The maximum Gasteiger partial charge on any atom is 0.488 e. The molecule has 2 aromatic rings. The summed E-state index contributed by atoms with van der Waals surface area (Å²) >= 11 is 0. The van der Waals surface area contributed by atoms with E-state index in [1.807, 2.05) is 36.4 Å². The molecule has 3 nitrogen and oxygen atoms in total. The summed E-state index contributed by atoms with van der Waals surface area (Å²) in [5, 5.41) is 18.3. The van der Waals surface area contributed by atoms with Crippen molar-refractivity contribution in [1.29, 1.82) is 0 Å². The molecule has 0 saturated heterocycles. The molecule has 0 heterocycles. The van der Waals surface area contributed by atoms with E-state index in [0.717, 1.165) is 29.9 Å². The number of unbranched alkanes of at least 4 members (excludes halogenated alkanes) is 7. The molecule has 0 radical (unpaired) electrons. The molecule has 4 heteroatoms. The second-order valence-electron chi connectivity index (χ2n) is 6.84. The molecular formula is C22H31BO3. The van der Waals surface area contributed by atoms with Crippen molar-refractivity contribution in [3.05, 3.63) is 48.5 Å². The van der Waals surface area contributed by atoms with Gasteiger partial charge in [-0.05, 0) is 35.1 Å². The Kier molecular flexibility index (Phi) is 9.29. The Morgan fingerprint density at radius 1 is 0.692 bits per heavy atom. The van der Waals surface area contributed by atoms with E-state index in [1.165, 1.54) is 44.9 Å². The topological polar surface area (TPSA) is 49.7 Å². The first-order valence-electron chi connectivity index (χ1n) is 9.90. The highest BCUT2D eigenvalue weighted by Crippen LogP contribution is 2.22. The predicted molar refractivity (Wildman–Crippen MR) is 110 cm³/mol. The number of hydrogen-bond donors (Lipinski definition) is 2. The highest BCUT2D eigenvalue weighted by molar-refractivity contribution is 6.58. The molecule has 0 saturated carbocycles. The van der Waals surface area contributed by atoms with Gasteiger partial charge in [0.25, 0.3) is 0 Å². The standard InChI is InChI=1S/C22H31BO3/c1-2-3-4-5-6-7-8-9-18-26-22-16-12-20(13-17-22)19-10-14-21(15-11-19)23(24)25/h10-17,24-25H,2-9,18H2,1H3. The van der Waals surface area contributed by atoms with E-state index in [9.17, 15) is 0 Å². The van der Waals surface area contributed by atoms with E-state index in [-0.39, 0.29) is 0 Å². The Hall–Kier alpha value is -1.78. The number of benzene rings is 2. The van der Waals surface area contributed by atoms with E-state index in [2.05, 4.69) is 6.92 Å². The van der Waals surface area contributed by atoms with Crippen LogP contribution in [0, 0.1) is 0 Å². The summed E-state index contributed by atoms with van der Waals surface area (Å²) < 4.78 is 5.83. The third kappa shape index (κ3) is 7.23. The molecule has 0 atom stereocenters. The molecule has 0 fully saturated rings. The summed E-state index contributed by atoms with van der Waals surface area (Å²) in [6.45, 7) is 3.03.